The lowest BCUT2D eigenvalue weighted by Gasteiger charge is -2.16. The Morgan fingerprint density at radius 3 is 2.64 bits per heavy atom. The molecule has 0 radical (unpaired) electrons. The van der Waals surface area contributed by atoms with Gasteiger partial charge >= 0.3 is 0 Å². The first-order valence-electron chi connectivity index (χ1n) is 9.09. The summed E-state index contributed by atoms with van der Waals surface area (Å²) < 4.78 is 33.0. The number of furan rings is 1. The van der Waals surface area contributed by atoms with Crippen molar-refractivity contribution < 1.29 is 17.6 Å². The zero-order valence-corrected chi connectivity index (χ0v) is 18.3. The van der Waals surface area contributed by atoms with Gasteiger partial charge in [-0.3, -0.25) is 9.69 Å². The van der Waals surface area contributed by atoms with Crippen LogP contribution in [0.3, 0.4) is 0 Å². The average Bonchev–Trinajstić information content (AvgIpc) is 3.29. The van der Waals surface area contributed by atoms with E-state index in [1.807, 2.05) is 25.1 Å². The summed E-state index contributed by atoms with van der Waals surface area (Å²) in [5, 5.41) is 2.85. The van der Waals surface area contributed by atoms with Gasteiger partial charge in [-0.1, -0.05) is 15.9 Å². The molecule has 0 atom stereocenters. The predicted molar refractivity (Wildman–Crippen MR) is 111 cm³/mol. The van der Waals surface area contributed by atoms with Crippen LogP contribution in [0.2, 0.25) is 0 Å². The van der Waals surface area contributed by atoms with Crippen molar-refractivity contribution in [3.8, 4) is 0 Å². The topological polar surface area (TPSA) is 82.9 Å². The molecule has 0 spiro atoms. The van der Waals surface area contributed by atoms with Crippen LogP contribution in [0.1, 0.15) is 24.2 Å². The Labute approximate surface area is 173 Å². The van der Waals surface area contributed by atoms with Crippen LogP contribution in [0.5, 0.6) is 0 Å². The standard InChI is InChI=1S/C19H24BrN3O4S/c1-14-11-15(20)5-7-17(14)21-18(24)13-22(2)12-16-6-8-19(27-16)28(25,26)23-9-3-4-10-23/h5-8,11H,3-4,9-10,12-13H2,1-2H3,(H,21,24). The summed E-state index contributed by atoms with van der Waals surface area (Å²) >= 11 is 3.40. The van der Waals surface area contributed by atoms with E-state index in [1.165, 1.54) is 10.4 Å². The summed E-state index contributed by atoms with van der Waals surface area (Å²) in [5.41, 5.74) is 1.73. The third-order valence-corrected chi connectivity index (χ3v) is 6.86. The smallest absolute Gasteiger partial charge is 0.276 e. The summed E-state index contributed by atoms with van der Waals surface area (Å²) in [6, 6.07) is 8.79. The third kappa shape index (κ3) is 5.02. The van der Waals surface area contributed by atoms with Gasteiger partial charge in [0.25, 0.3) is 10.0 Å². The first-order valence-corrected chi connectivity index (χ1v) is 11.3. The lowest BCUT2D eigenvalue weighted by Crippen LogP contribution is -2.30. The third-order valence-electron chi connectivity index (χ3n) is 4.60. The largest absolute Gasteiger partial charge is 0.447 e. The van der Waals surface area contributed by atoms with Crippen LogP contribution in [0.25, 0.3) is 0 Å². The Hall–Kier alpha value is -1.68. The number of nitrogens with one attached hydrogen (secondary N) is 1. The van der Waals surface area contributed by atoms with Crippen molar-refractivity contribution in [1.29, 1.82) is 0 Å². The molecule has 2 aromatic rings. The summed E-state index contributed by atoms with van der Waals surface area (Å²) in [7, 11) is -1.78. The highest BCUT2D eigenvalue weighted by atomic mass is 79.9. The van der Waals surface area contributed by atoms with E-state index in [-0.39, 0.29) is 17.5 Å². The fourth-order valence-corrected chi connectivity index (χ4v) is 5.08. The lowest BCUT2D eigenvalue weighted by atomic mass is 10.2. The number of nitrogens with zero attached hydrogens (tertiary/aromatic N) is 2. The van der Waals surface area contributed by atoms with E-state index in [1.54, 1.807) is 18.0 Å². The van der Waals surface area contributed by atoms with Gasteiger partial charge in [0.1, 0.15) is 5.76 Å². The molecule has 9 heteroatoms. The first kappa shape index (κ1) is 21.0. The summed E-state index contributed by atoms with van der Waals surface area (Å²) in [6.45, 7) is 3.49. The number of hydrogen-bond donors (Lipinski definition) is 1. The SMILES string of the molecule is Cc1cc(Br)ccc1NC(=O)CN(C)Cc1ccc(S(=O)(=O)N2CCCC2)o1. The Morgan fingerprint density at radius 1 is 1.25 bits per heavy atom. The van der Waals surface area contributed by atoms with Crippen molar-refractivity contribution in [1.82, 2.24) is 9.21 Å². The van der Waals surface area contributed by atoms with Gasteiger partial charge in [0, 0.05) is 23.2 Å². The van der Waals surface area contributed by atoms with E-state index in [9.17, 15) is 13.2 Å². The van der Waals surface area contributed by atoms with Gasteiger partial charge in [0.15, 0.2) is 0 Å². The molecule has 2 heterocycles. The predicted octanol–water partition coefficient (Wildman–Crippen LogP) is 3.21. The number of carbonyl (C=O) groups excluding carboxylic acids is 1. The number of hydrogen-bond acceptors (Lipinski definition) is 5. The summed E-state index contributed by atoms with van der Waals surface area (Å²) in [4.78, 5) is 14.1. The highest BCUT2D eigenvalue weighted by molar-refractivity contribution is 9.10. The average molecular weight is 470 g/mol. The molecule has 1 amide bonds. The highest BCUT2D eigenvalue weighted by Crippen LogP contribution is 2.23. The molecule has 0 saturated carbocycles. The summed E-state index contributed by atoms with van der Waals surface area (Å²) in [6.07, 6.45) is 1.75. The fourth-order valence-electron chi connectivity index (χ4n) is 3.16. The number of likely N-dealkylation sites (N-methyl/N-ethyl adjacent to an activating group) is 1. The van der Waals surface area contributed by atoms with E-state index in [4.69, 9.17) is 4.42 Å². The maximum absolute atomic E-state index is 12.5. The molecular formula is C19H24BrN3O4S. The first-order chi connectivity index (χ1) is 13.3. The van der Waals surface area contributed by atoms with Gasteiger partial charge in [0.05, 0.1) is 13.1 Å². The zero-order chi connectivity index (χ0) is 20.3. The molecule has 152 valence electrons. The zero-order valence-electron chi connectivity index (χ0n) is 15.9. The number of anilines is 1. The molecule has 1 N–H and O–H groups in total. The molecule has 1 aromatic heterocycles. The second-order valence-electron chi connectivity index (χ2n) is 7.01. The van der Waals surface area contributed by atoms with E-state index >= 15 is 0 Å². The molecule has 3 rings (SSSR count). The molecule has 1 aliphatic rings. The molecular weight excluding hydrogens is 446 g/mol. The molecule has 7 nitrogen and oxygen atoms in total. The second-order valence-corrected chi connectivity index (χ2v) is 9.80. The second kappa shape index (κ2) is 8.77. The van der Waals surface area contributed by atoms with Gasteiger partial charge < -0.3 is 9.73 Å². The molecule has 1 fully saturated rings. The maximum Gasteiger partial charge on any atom is 0.276 e. The van der Waals surface area contributed by atoms with Crippen molar-refractivity contribution in [3.05, 3.63) is 46.1 Å². The van der Waals surface area contributed by atoms with Crippen molar-refractivity contribution in [2.24, 2.45) is 0 Å². The Kier molecular flexibility index (Phi) is 6.59. The van der Waals surface area contributed by atoms with Crippen LogP contribution >= 0.6 is 15.9 Å². The number of aryl methyl sites for hydroxylation is 1. The van der Waals surface area contributed by atoms with Gasteiger partial charge in [-0.15, -0.1) is 0 Å². The van der Waals surface area contributed by atoms with Gasteiger partial charge in [-0.05, 0) is 62.7 Å². The highest BCUT2D eigenvalue weighted by Gasteiger charge is 2.30. The number of amides is 1. The molecule has 28 heavy (non-hydrogen) atoms. The van der Waals surface area contributed by atoms with Gasteiger partial charge in [-0.2, -0.15) is 4.31 Å². The number of sulfonamides is 1. The molecule has 1 aliphatic heterocycles. The van der Waals surface area contributed by atoms with E-state index in [0.717, 1.165) is 28.6 Å². The summed E-state index contributed by atoms with van der Waals surface area (Å²) in [5.74, 6) is 0.359. The normalized spacial score (nSPS) is 15.3. The van der Waals surface area contributed by atoms with Crippen molar-refractivity contribution in [3.63, 3.8) is 0 Å². The minimum absolute atomic E-state index is 0.0345. The van der Waals surface area contributed by atoms with Crippen molar-refractivity contribution in [2.75, 3.05) is 32.0 Å². The van der Waals surface area contributed by atoms with Crippen LogP contribution in [-0.2, 0) is 21.4 Å². The van der Waals surface area contributed by atoms with Crippen LogP contribution < -0.4 is 5.32 Å². The van der Waals surface area contributed by atoms with E-state index < -0.39 is 10.0 Å². The van der Waals surface area contributed by atoms with Crippen LogP contribution in [-0.4, -0.2) is 50.2 Å². The van der Waals surface area contributed by atoms with Crippen LogP contribution in [0.15, 0.2) is 44.3 Å². The number of halogens is 1. The number of benzene rings is 1. The Balaban J connectivity index is 1.57. The maximum atomic E-state index is 12.5. The Bertz CT molecular complexity index is 952. The quantitative estimate of drug-likeness (QED) is 0.672. The number of rotatable bonds is 7. The molecule has 1 saturated heterocycles. The van der Waals surface area contributed by atoms with Crippen LogP contribution in [0, 0.1) is 6.92 Å². The van der Waals surface area contributed by atoms with Crippen molar-refractivity contribution in [2.45, 2.75) is 31.4 Å². The molecule has 0 bridgehead atoms. The van der Waals surface area contributed by atoms with Crippen molar-refractivity contribution >= 4 is 37.5 Å². The lowest BCUT2D eigenvalue weighted by molar-refractivity contribution is -0.117. The van der Waals surface area contributed by atoms with Gasteiger partial charge in [-0.25, -0.2) is 8.42 Å². The van der Waals surface area contributed by atoms with Gasteiger partial charge in [0.2, 0.25) is 11.0 Å². The monoisotopic (exact) mass is 469 g/mol. The minimum atomic E-state index is -3.56. The van der Waals surface area contributed by atoms with E-state index in [2.05, 4.69) is 21.2 Å². The number of carbonyl (C=O) groups is 1. The molecule has 0 aliphatic carbocycles. The Morgan fingerprint density at radius 2 is 1.96 bits per heavy atom. The molecule has 0 unspecified atom stereocenters. The fraction of sp³-hybridized carbons (Fsp3) is 0.421. The minimum Gasteiger partial charge on any atom is -0.447 e. The van der Waals surface area contributed by atoms with E-state index in [0.29, 0.717) is 25.4 Å². The van der Waals surface area contributed by atoms with Crippen LogP contribution in [0.4, 0.5) is 5.69 Å². The molecule has 1 aromatic carbocycles.